The number of para-hydroxylation sites is 2. The summed E-state index contributed by atoms with van der Waals surface area (Å²) in [6.07, 6.45) is 0. The Morgan fingerprint density at radius 2 is 1.11 bits per heavy atom. The van der Waals surface area contributed by atoms with Crippen LogP contribution in [0.3, 0.4) is 0 Å². The van der Waals surface area contributed by atoms with Gasteiger partial charge in [0, 0.05) is 39.1 Å². The number of hydrogen-bond donors (Lipinski definition) is 2. The fourth-order valence-electron chi connectivity index (χ4n) is 5.32. The Labute approximate surface area is 205 Å². The van der Waals surface area contributed by atoms with Gasteiger partial charge in [0.25, 0.3) is 0 Å². The fourth-order valence-corrected chi connectivity index (χ4v) is 5.32. The Balaban J connectivity index is 1.46. The van der Waals surface area contributed by atoms with Gasteiger partial charge in [-0.25, -0.2) is 0 Å². The molecule has 0 aliphatic carbocycles. The maximum atomic E-state index is 6.08. The topological polar surface area (TPSA) is 40.8 Å². The molecule has 0 bridgehead atoms. The van der Waals surface area contributed by atoms with Crippen LogP contribution >= 0.6 is 0 Å². The number of H-pyrrole nitrogens is 2. The molecule has 172 valence electrons. The summed E-state index contributed by atoms with van der Waals surface area (Å²) in [5.41, 5.74) is 9.81. The van der Waals surface area contributed by atoms with Crippen LogP contribution in [0.25, 0.3) is 21.8 Å². The van der Waals surface area contributed by atoms with Crippen LogP contribution in [-0.4, -0.2) is 9.97 Å². The number of rotatable bonds is 6. The maximum Gasteiger partial charge on any atom is 0.119 e. The summed E-state index contributed by atoms with van der Waals surface area (Å²) in [7, 11) is 0. The Morgan fingerprint density at radius 3 is 1.69 bits per heavy atom. The SMILES string of the molecule is Cc1[nH]c2ccccc2c1C(c1ccc(OCc2ccccc2)cc1)c1c(C)[nH]c2ccccc12. The van der Waals surface area contributed by atoms with Gasteiger partial charge in [-0.05, 0) is 60.4 Å². The minimum atomic E-state index is 0.0884. The minimum Gasteiger partial charge on any atom is -0.489 e. The van der Waals surface area contributed by atoms with Crippen molar-refractivity contribution in [3.8, 4) is 5.75 Å². The van der Waals surface area contributed by atoms with Crippen molar-refractivity contribution in [1.29, 1.82) is 0 Å². The van der Waals surface area contributed by atoms with Gasteiger partial charge in [0.15, 0.2) is 0 Å². The largest absolute Gasteiger partial charge is 0.489 e. The molecule has 4 aromatic carbocycles. The molecule has 0 saturated heterocycles. The van der Waals surface area contributed by atoms with E-state index in [1.54, 1.807) is 0 Å². The van der Waals surface area contributed by atoms with Crippen molar-refractivity contribution < 1.29 is 4.74 Å². The number of hydrogen-bond acceptors (Lipinski definition) is 1. The molecule has 0 atom stereocenters. The van der Waals surface area contributed by atoms with Gasteiger partial charge in [0.1, 0.15) is 12.4 Å². The normalized spacial score (nSPS) is 11.5. The van der Waals surface area contributed by atoms with Gasteiger partial charge in [-0.1, -0.05) is 78.9 Å². The number of nitrogens with one attached hydrogen (secondary N) is 2. The third-order valence-corrected chi connectivity index (χ3v) is 6.93. The second-order valence-corrected chi connectivity index (χ2v) is 9.19. The molecular weight excluding hydrogens is 428 g/mol. The van der Waals surface area contributed by atoms with Crippen LogP contribution in [0.1, 0.15) is 39.6 Å². The van der Waals surface area contributed by atoms with E-state index in [4.69, 9.17) is 4.74 Å². The van der Waals surface area contributed by atoms with Crippen molar-refractivity contribution >= 4 is 21.8 Å². The van der Waals surface area contributed by atoms with Gasteiger partial charge in [-0.2, -0.15) is 0 Å². The quantitative estimate of drug-likeness (QED) is 0.262. The predicted octanol–water partition coefficient (Wildman–Crippen LogP) is 8.03. The summed E-state index contributed by atoms with van der Waals surface area (Å²) in [6.45, 7) is 4.93. The van der Waals surface area contributed by atoms with Crippen molar-refractivity contribution in [2.45, 2.75) is 26.4 Å². The molecule has 0 fully saturated rings. The van der Waals surface area contributed by atoms with E-state index >= 15 is 0 Å². The Bertz CT molecular complexity index is 1530. The Hall–Kier alpha value is -4.24. The van der Waals surface area contributed by atoms with E-state index in [2.05, 4.69) is 109 Å². The molecular formula is C32H28N2O. The van der Waals surface area contributed by atoms with E-state index in [-0.39, 0.29) is 5.92 Å². The first kappa shape index (κ1) is 21.3. The molecule has 0 aliphatic rings. The highest BCUT2D eigenvalue weighted by atomic mass is 16.5. The van der Waals surface area contributed by atoms with Gasteiger partial charge < -0.3 is 14.7 Å². The minimum absolute atomic E-state index is 0.0884. The maximum absolute atomic E-state index is 6.08. The molecule has 0 spiro atoms. The Kier molecular flexibility index (Phi) is 5.38. The summed E-state index contributed by atoms with van der Waals surface area (Å²) in [5, 5.41) is 2.54. The number of ether oxygens (including phenoxy) is 1. The van der Waals surface area contributed by atoms with Crippen LogP contribution < -0.4 is 4.74 Å². The highest BCUT2D eigenvalue weighted by Crippen LogP contribution is 2.42. The van der Waals surface area contributed by atoms with E-state index in [1.807, 2.05) is 18.2 Å². The zero-order chi connectivity index (χ0) is 23.8. The second-order valence-electron chi connectivity index (χ2n) is 9.19. The van der Waals surface area contributed by atoms with E-state index in [1.165, 1.54) is 55.4 Å². The molecule has 0 unspecified atom stereocenters. The van der Waals surface area contributed by atoms with Crippen LogP contribution in [0.2, 0.25) is 0 Å². The number of benzene rings is 4. The zero-order valence-corrected chi connectivity index (χ0v) is 20.0. The van der Waals surface area contributed by atoms with Crippen molar-refractivity contribution in [3.05, 3.63) is 137 Å². The Morgan fingerprint density at radius 1 is 0.600 bits per heavy atom. The van der Waals surface area contributed by atoms with Crippen molar-refractivity contribution in [1.82, 2.24) is 9.97 Å². The lowest BCUT2D eigenvalue weighted by atomic mass is 9.82. The van der Waals surface area contributed by atoms with Gasteiger partial charge >= 0.3 is 0 Å². The molecule has 0 radical (unpaired) electrons. The highest BCUT2D eigenvalue weighted by Gasteiger charge is 2.27. The number of aromatic amines is 2. The smallest absolute Gasteiger partial charge is 0.119 e. The molecule has 35 heavy (non-hydrogen) atoms. The molecule has 2 aromatic heterocycles. The van der Waals surface area contributed by atoms with Crippen LogP contribution in [0.15, 0.2) is 103 Å². The molecule has 2 heterocycles. The predicted molar refractivity (Wildman–Crippen MR) is 144 cm³/mol. The zero-order valence-electron chi connectivity index (χ0n) is 20.0. The van der Waals surface area contributed by atoms with Crippen molar-refractivity contribution in [2.24, 2.45) is 0 Å². The van der Waals surface area contributed by atoms with Crippen molar-refractivity contribution in [2.75, 3.05) is 0 Å². The molecule has 0 aliphatic heterocycles. The average molecular weight is 457 g/mol. The first-order chi connectivity index (χ1) is 17.2. The van der Waals surface area contributed by atoms with Crippen LogP contribution in [-0.2, 0) is 6.61 Å². The summed E-state index contributed by atoms with van der Waals surface area (Å²) < 4.78 is 6.08. The van der Waals surface area contributed by atoms with Gasteiger partial charge in [0.05, 0.1) is 0 Å². The highest BCUT2D eigenvalue weighted by molar-refractivity contribution is 5.90. The lowest BCUT2D eigenvalue weighted by molar-refractivity contribution is 0.306. The lowest BCUT2D eigenvalue weighted by Crippen LogP contribution is -2.06. The molecule has 0 saturated carbocycles. The van der Waals surface area contributed by atoms with Crippen LogP contribution in [0, 0.1) is 13.8 Å². The molecule has 3 heteroatoms. The van der Waals surface area contributed by atoms with Crippen LogP contribution in [0.4, 0.5) is 0 Å². The van der Waals surface area contributed by atoms with E-state index in [0.717, 1.165) is 5.75 Å². The average Bonchev–Trinajstić information content (AvgIpc) is 3.40. The van der Waals surface area contributed by atoms with Gasteiger partial charge in [-0.3, -0.25) is 0 Å². The summed E-state index contributed by atoms with van der Waals surface area (Å²) in [5.74, 6) is 0.966. The van der Waals surface area contributed by atoms with Crippen molar-refractivity contribution in [3.63, 3.8) is 0 Å². The fraction of sp³-hybridized carbons (Fsp3) is 0.125. The third kappa shape index (κ3) is 3.89. The first-order valence-corrected chi connectivity index (χ1v) is 12.1. The number of fused-ring (bicyclic) bond motifs is 2. The van der Waals surface area contributed by atoms with Crippen LogP contribution in [0.5, 0.6) is 5.75 Å². The van der Waals surface area contributed by atoms with Gasteiger partial charge in [-0.15, -0.1) is 0 Å². The third-order valence-electron chi connectivity index (χ3n) is 6.93. The molecule has 6 rings (SSSR count). The van der Waals surface area contributed by atoms with E-state index in [9.17, 15) is 0 Å². The summed E-state index contributed by atoms with van der Waals surface area (Å²) in [4.78, 5) is 7.24. The standard InChI is InChI=1S/C32H28N2O/c1-21-30(26-12-6-8-14-28(26)33-21)32(31-22(2)34-29-15-9-7-13-27(29)31)24-16-18-25(19-17-24)35-20-23-10-4-3-5-11-23/h3-19,32-34H,20H2,1-2H3. The molecule has 3 nitrogen and oxygen atoms in total. The summed E-state index contributed by atoms with van der Waals surface area (Å²) >= 11 is 0. The molecule has 2 N–H and O–H groups in total. The van der Waals surface area contributed by atoms with Gasteiger partial charge in [0.2, 0.25) is 0 Å². The first-order valence-electron chi connectivity index (χ1n) is 12.1. The monoisotopic (exact) mass is 456 g/mol. The summed E-state index contributed by atoms with van der Waals surface area (Å²) in [6, 6.07) is 36.1. The van der Waals surface area contributed by atoms with E-state index in [0.29, 0.717) is 6.61 Å². The number of aryl methyl sites for hydroxylation is 2. The molecule has 0 amide bonds. The number of aromatic nitrogens is 2. The second kappa shape index (κ2) is 8.84. The molecule has 6 aromatic rings. The lowest BCUT2D eigenvalue weighted by Gasteiger charge is -2.20. The van der Waals surface area contributed by atoms with E-state index < -0.39 is 0 Å².